The highest BCUT2D eigenvalue weighted by molar-refractivity contribution is 6.12. The standard InChI is InChI=1S/C25H21NO2/c1-2-28-25(27)24-23-19-14-13-18(20(23)15-26-24)21(16-9-5-3-6-10-16)22(19)17-11-7-4-8-12-17/h3-12,15,26H,2,13-14H2,1H3. The molecule has 3 nitrogen and oxygen atoms in total. The molecule has 3 heteroatoms. The van der Waals surface area contributed by atoms with Crippen molar-refractivity contribution in [2.45, 2.75) is 19.8 Å². The third-order valence-electron chi connectivity index (χ3n) is 5.59. The third-order valence-corrected chi connectivity index (χ3v) is 5.59. The van der Waals surface area contributed by atoms with Crippen LogP contribution in [0, 0.1) is 0 Å². The lowest BCUT2D eigenvalue weighted by atomic mass is 9.76. The molecule has 0 spiro atoms. The molecule has 0 amide bonds. The monoisotopic (exact) mass is 367 g/mol. The maximum absolute atomic E-state index is 12.6. The molecule has 0 fully saturated rings. The molecule has 4 aromatic rings. The van der Waals surface area contributed by atoms with Crippen LogP contribution in [0.2, 0.25) is 0 Å². The van der Waals surface area contributed by atoms with Crippen LogP contribution in [0.3, 0.4) is 0 Å². The van der Waals surface area contributed by atoms with E-state index in [4.69, 9.17) is 4.74 Å². The normalized spacial score (nSPS) is 12.5. The van der Waals surface area contributed by atoms with Crippen molar-refractivity contribution in [3.8, 4) is 22.3 Å². The second kappa shape index (κ2) is 6.68. The van der Waals surface area contributed by atoms with Crippen LogP contribution in [0.4, 0.5) is 0 Å². The van der Waals surface area contributed by atoms with Gasteiger partial charge in [-0.15, -0.1) is 0 Å². The van der Waals surface area contributed by atoms with Crippen molar-refractivity contribution in [3.63, 3.8) is 0 Å². The molecule has 1 aromatic heterocycles. The van der Waals surface area contributed by atoms with Crippen molar-refractivity contribution in [1.29, 1.82) is 0 Å². The Morgan fingerprint density at radius 2 is 1.46 bits per heavy atom. The van der Waals surface area contributed by atoms with Gasteiger partial charge in [0.05, 0.1) is 6.61 Å². The molecular weight excluding hydrogens is 346 g/mol. The van der Waals surface area contributed by atoms with Crippen molar-refractivity contribution in [2.24, 2.45) is 0 Å². The summed E-state index contributed by atoms with van der Waals surface area (Å²) in [5.74, 6) is -0.280. The molecular formula is C25H21NO2. The number of fused-ring (bicyclic) bond motifs is 2. The number of rotatable bonds is 4. The number of carbonyl (C=O) groups is 1. The lowest BCUT2D eigenvalue weighted by Gasteiger charge is -2.27. The molecule has 1 heterocycles. The van der Waals surface area contributed by atoms with Crippen molar-refractivity contribution in [1.82, 2.24) is 4.98 Å². The Morgan fingerprint density at radius 1 is 0.893 bits per heavy atom. The van der Waals surface area contributed by atoms with Crippen LogP contribution in [-0.2, 0) is 17.6 Å². The third kappa shape index (κ3) is 2.47. The molecule has 3 aromatic carbocycles. The Kier molecular flexibility index (Phi) is 4.01. The minimum Gasteiger partial charge on any atom is -0.461 e. The van der Waals surface area contributed by atoms with E-state index in [1.54, 1.807) is 0 Å². The summed E-state index contributed by atoms with van der Waals surface area (Å²) in [7, 11) is 0. The average molecular weight is 367 g/mol. The summed E-state index contributed by atoms with van der Waals surface area (Å²) in [4.78, 5) is 15.8. The first kappa shape index (κ1) is 16.8. The quantitative estimate of drug-likeness (QED) is 0.465. The van der Waals surface area contributed by atoms with Crippen LogP contribution in [0.15, 0.2) is 66.9 Å². The number of benzene rings is 3. The van der Waals surface area contributed by atoms with Gasteiger partial charge < -0.3 is 9.72 Å². The molecule has 2 bridgehead atoms. The van der Waals surface area contributed by atoms with Gasteiger partial charge in [0, 0.05) is 17.0 Å². The lowest BCUT2D eigenvalue weighted by molar-refractivity contribution is 0.0522. The predicted molar refractivity (Wildman–Crippen MR) is 113 cm³/mol. The minimum absolute atomic E-state index is 0.280. The van der Waals surface area contributed by atoms with Gasteiger partial charge in [-0.3, -0.25) is 0 Å². The van der Waals surface area contributed by atoms with Gasteiger partial charge in [0.1, 0.15) is 5.69 Å². The summed E-state index contributed by atoms with van der Waals surface area (Å²) in [6.07, 6.45) is 3.90. The number of aromatic amines is 1. The predicted octanol–water partition coefficient (Wildman–Crippen LogP) is 5.78. The molecule has 0 atom stereocenters. The van der Waals surface area contributed by atoms with Crippen molar-refractivity contribution in [2.75, 3.05) is 6.61 Å². The highest BCUT2D eigenvalue weighted by atomic mass is 16.5. The van der Waals surface area contributed by atoms with Crippen molar-refractivity contribution in [3.05, 3.63) is 83.7 Å². The highest BCUT2D eigenvalue weighted by Gasteiger charge is 2.29. The van der Waals surface area contributed by atoms with E-state index < -0.39 is 0 Å². The molecule has 0 saturated carbocycles. The molecule has 1 N–H and O–H groups in total. The number of aromatic nitrogens is 1. The fraction of sp³-hybridized carbons (Fsp3) is 0.160. The Bertz CT molecular complexity index is 1170. The van der Waals surface area contributed by atoms with Crippen LogP contribution in [-0.4, -0.2) is 17.6 Å². The second-order valence-corrected chi connectivity index (χ2v) is 7.11. The number of carbonyl (C=O) groups excluding carboxylic acids is 1. The summed E-state index contributed by atoms with van der Waals surface area (Å²) in [5, 5.41) is 2.17. The van der Waals surface area contributed by atoms with Crippen LogP contribution >= 0.6 is 0 Å². The molecule has 28 heavy (non-hydrogen) atoms. The molecule has 0 aliphatic heterocycles. The molecule has 2 aliphatic carbocycles. The molecule has 6 rings (SSSR count). The van der Waals surface area contributed by atoms with Gasteiger partial charge in [-0.1, -0.05) is 60.7 Å². The van der Waals surface area contributed by atoms with Gasteiger partial charge in [0.25, 0.3) is 0 Å². The second-order valence-electron chi connectivity index (χ2n) is 7.11. The van der Waals surface area contributed by atoms with Crippen LogP contribution in [0.25, 0.3) is 33.0 Å². The summed E-state index contributed by atoms with van der Waals surface area (Å²) in [6.45, 7) is 2.21. The molecule has 2 aliphatic rings. The number of nitrogens with one attached hydrogen (secondary N) is 1. The summed E-state index contributed by atoms with van der Waals surface area (Å²) >= 11 is 0. The van der Waals surface area contributed by atoms with Crippen LogP contribution in [0.1, 0.15) is 28.5 Å². The number of ether oxygens (including phenoxy) is 1. The molecule has 0 saturated heterocycles. The van der Waals surface area contributed by atoms with E-state index in [-0.39, 0.29) is 5.97 Å². The number of H-pyrrole nitrogens is 1. The molecule has 0 unspecified atom stereocenters. The Balaban J connectivity index is 1.88. The average Bonchev–Trinajstić information content (AvgIpc) is 3.22. The SMILES string of the molecule is CCOC(=O)c1[nH]cc2c3c(-c4ccccc4)c(-c4ccccc4)c(c12)CC3. The van der Waals surface area contributed by atoms with Gasteiger partial charge in [0.15, 0.2) is 0 Å². The zero-order valence-corrected chi connectivity index (χ0v) is 15.8. The maximum atomic E-state index is 12.6. The van der Waals surface area contributed by atoms with Crippen LogP contribution < -0.4 is 0 Å². The Hall–Kier alpha value is -3.33. The first-order chi connectivity index (χ1) is 13.8. The number of aryl methyl sites for hydroxylation is 2. The van der Waals surface area contributed by atoms with E-state index in [1.807, 2.05) is 25.3 Å². The summed E-state index contributed by atoms with van der Waals surface area (Å²) < 4.78 is 5.30. The lowest BCUT2D eigenvalue weighted by Crippen LogP contribution is -2.12. The fourth-order valence-corrected chi connectivity index (χ4v) is 4.51. The molecule has 138 valence electrons. The van der Waals surface area contributed by atoms with Crippen molar-refractivity contribution < 1.29 is 9.53 Å². The van der Waals surface area contributed by atoms with E-state index in [1.165, 1.54) is 33.4 Å². The van der Waals surface area contributed by atoms with Crippen molar-refractivity contribution >= 4 is 16.7 Å². The topological polar surface area (TPSA) is 42.1 Å². The first-order valence-electron chi connectivity index (χ1n) is 9.76. The van der Waals surface area contributed by atoms with Gasteiger partial charge in [-0.2, -0.15) is 0 Å². The Morgan fingerprint density at radius 3 is 2.07 bits per heavy atom. The van der Waals surface area contributed by atoms with Gasteiger partial charge in [-0.05, 0) is 53.1 Å². The van der Waals surface area contributed by atoms with Gasteiger partial charge in [-0.25, -0.2) is 4.79 Å². The first-order valence-corrected chi connectivity index (χ1v) is 9.76. The van der Waals surface area contributed by atoms with Gasteiger partial charge >= 0.3 is 5.97 Å². The van der Waals surface area contributed by atoms with E-state index in [0.29, 0.717) is 12.3 Å². The number of hydrogen-bond donors (Lipinski definition) is 1. The zero-order valence-electron chi connectivity index (χ0n) is 15.8. The summed E-state index contributed by atoms with van der Waals surface area (Å²) in [5.41, 5.74) is 8.06. The maximum Gasteiger partial charge on any atom is 0.355 e. The van der Waals surface area contributed by atoms with E-state index in [0.717, 1.165) is 23.6 Å². The Labute approximate surface area is 164 Å². The fourth-order valence-electron chi connectivity index (χ4n) is 4.51. The summed E-state index contributed by atoms with van der Waals surface area (Å²) in [6, 6.07) is 21.1. The highest BCUT2D eigenvalue weighted by Crippen LogP contribution is 2.48. The largest absolute Gasteiger partial charge is 0.461 e. The number of esters is 1. The zero-order chi connectivity index (χ0) is 19.1. The number of hydrogen-bond acceptors (Lipinski definition) is 2. The van der Waals surface area contributed by atoms with E-state index >= 15 is 0 Å². The minimum atomic E-state index is -0.280. The van der Waals surface area contributed by atoms with E-state index in [2.05, 4.69) is 53.5 Å². The van der Waals surface area contributed by atoms with E-state index in [9.17, 15) is 4.79 Å². The van der Waals surface area contributed by atoms with Crippen LogP contribution in [0.5, 0.6) is 0 Å². The molecule has 0 radical (unpaired) electrons. The smallest absolute Gasteiger partial charge is 0.355 e. The van der Waals surface area contributed by atoms with Gasteiger partial charge in [0.2, 0.25) is 0 Å².